The van der Waals surface area contributed by atoms with Crippen LogP contribution in [-0.2, 0) is 6.54 Å². The molecule has 2 aliphatic heterocycles. The van der Waals surface area contributed by atoms with Crippen LogP contribution < -0.4 is 14.8 Å². The number of rotatable bonds is 5. The number of hydrogen-bond acceptors (Lipinski definition) is 5. The zero-order chi connectivity index (χ0) is 21.3. The van der Waals surface area contributed by atoms with Crippen molar-refractivity contribution >= 4 is 0 Å². The van der Waals surface area contributed by atoms with Crippen molar-refractivity contribution in [3.63, 3.8) is 0 Å². The van der Waals surface area contributed by atoms with Crippen molar-refractivity contribution in [3.8, 4) is 17.2 Å². The van der Waals surface area contributed by atoms with Gasteiger partial charge in [0.05, 0.1) is 18.5 Å². The molecular weight excluding hydrogens is 388 g/mol. The molecule has 1 atom stereocenters. The van der Waals surface area contributed by atoms with Crippen molar-refractivity contribution in [3.05, 3.63) is 72.1 Å². The molecular formula is C25H30N4O2. The Balaban J connectivity index is 1.31. The number of nitrogens with one attached hydrogen (secondary N) is 1. The molecule has 162 valence electrons. The smallest absolute Gasteiger partial charge is 0.124 e. The van der Waals surface area contributed by atoms with Gasteiger partial charge in [-0.1, -0.05) is 18.2 Å². The van der Waals surface area contributed by atoms with E-state index in [0.29, 0.717) is 0 Å². The van der Waals surface area contributed by atoms with Crippen LogP contribution in [0.5, 0.6) is 11.5 Å². The standard InChI is InChI=1S/C25H30N4O2/c1-28-15-12-25(13-16-28)17-23(22-5-3-4-6-24(22)31-25)26-18-19-11-14-29(27-19)20-7-9-21(30-2)10-8-20/h3-11,14,23,26H,12-13,15-18H2,1-2H3. The molecule has 1 unspecified atom stereocenters. The van der Waals surface area contributed by atoms with Crippen LogP contribution in [0.25, 0.3) is 5.69 Å². The van der Waals surface area contributed by atoms with Gasteiger partial charge in [-0.2, -0.15) is 5.10 Å². The second-order valence-corrected chi connectivity index (χ2v) is 8.71. The van der Waals surface area contributed by atoms with Gasteiger partial charge in [-0.15, -0.1) is 0 Å². The van der Waals surface area contributed by atoms with Crippen molar-refractivity contribution in [1.82, 2.24) is 20.0 Å². The van der Waals surface area contributed by atoms with Crippen LogP contribution in [0.2, 0.25) is 0 Å². The minimum atomic E-state index is -0.0685. The van der Waals surface area contributed by atoms with Gasteiger partial charge in [-0.25, -0.2) is 4.68 Å². The lowest BCUT2D eigenvalue weighted by Crippen LogP contribution is -2.51. The summed E-state index contributed by atoms with van der Waals surface area (Å²) in [6.45, 7) is 2.89. The van der Waals surface area contributed by atoms with Crippen LogP contribution in [0.15, 0.2) is 60.8 Å². The van der Waals surface area contributed by atoms with Crippen LogP contribution >= 0.6 is 0 Å². The first-order valence-electron chi connectivity index (χ1n) is 11.0. The summed E-state index contributed by atoms with van der Waals surface area (Å²) in [7, 11) is 3.87. The van der Waals surface area contributed by atoms with Crippen molar-refractivity contribution < 1.29 is 9.47 Å². The lowest BCUT2D eigenvalue weighted by atomic mass is 9.80. The van der Waals surface area contributed by atoms with Crippen LogP contribution in [-0.4, -0.2) is 47.5 Å². The van der Waals surface area contributed by atoms with Crippen LogP contribution in [0.3, 0.4) is 0 Å². The molecule has 0 saturated carbocycles. The quantitative estimate of drug-likeness (QED) is 0.680. The molecule has 1 fully saturated rings. The average Bonchev–Trinajstić information content (AvgIpc) is 3.29. The van der Waals surface area contributed by atoms with Crippen molar-refractivity contribution in [2.24, 2.45) is 0 Å². The predicted octanol–water partition coefficient (Wildman–Crippen LogP) is 3.96. The zero-order valence-corrected chi connectivity index (χ0v) is 18.3. The first-order chi connectivity index (χ1) is 15.1. The Hall–Kier alpha value is -2.83. The third kappa shape index (κ3) is 4.18. The van der Waals surface area contributed by atoms with Crippen LogP contribution in [0.1, 0.15) is 36.6 Å². The average molecular weight is 419 g/mol. The maximum Gasteiger partial charge on any atom is 0.124 e. The molecule has 0 amide bonds. The molecule has 31 heavy (non-hydrogen) atoms. The first-order valence-corrected chi connectivity index (χ1v) is 11.0. The number of aromatic nitrogens is 2. The van der Waals surface area contributed by atoms with Gasteiger partial charge in [0.25, 0.3) is 0 Å². The largest absolute Gasteiger partial charge is 0.497 e. The molecule has 0 aliphatic carbocycles. The highest BCUT2D eigenvalue weighted by Crippen LogP contribution is 2.44. The van der Waals surface area contributed by atoms with E-state index in [1.54, 1.807) is 7.11 Å². The maximum absolute atomic E-state index is 6.58. The highest BCUT2D eigenvalue weighted by Gasteiger charge is 2.42. The van der Waals surface area contributed by atoms with E-state index >= 15 is 0 Å². The highest BCUT2D eigenvalue weighted by molar-refractivity contribution is 5.39. The maximum atomic E-state index is 6.58. The first kappa shape index (κ1) is 20.1. The summed E-state index contributed by atoms with van der Waals surface area (Å²) in [6.07, 6.45) is 5.15. The van der Waals surface area contributed by atoms with Crippen molar-refractivity contribution in [1.29, 1.82) is 0 Å². The Morgan fingerprint density at radius 1 is 1.10 bits per heavy atom. The minimum Gasteiger partial charge on any atom is -0.497 e. The number of piperidine rings is 1. The summed E-state index contributed by atoms with van der Waals surface area (Å²) in [5, 5.41) is 8.54. The second kappa shape index (κ2) is 8.36. The van der Waals surface area contributed by atoms with E-state index in [2.05, 4.69) is 47.6 Å². The number of para-hydroxylation sites is 1. The van der Waals surface area contributed by atoms with Gasteiger partial charge >= 0.3 is 0 Å². The number of benzene rings is 2. The Labute approximate surface area is 183 Å². The highest BCUT2D eigenvalue weighted by atomic mass is 16.5. The second-order valence-electron chi connectivity index (χ2n) is 8.71. The SMILES string of the molecule is COc1ccc(-n2ccc(CNC3CC4(CCN(C)CC4)Oc4ccccc43)n2)cc1. The van der Waals surface area contributed by atoms with E-state index in [4.69, 9.17) is 14.6 Å². The molecule has 6 nitrogen and oxygen atoms in total. The fraction of sp³-hybridized carbons (Fsp3) is 0.400. The number of fused-ring (bicyclic) bond motifs is 1. The number of nitrogens with zero attached hydrogens (tertiary/aromatic N) is 3. The molecule has 1 spiro atoms. The Morgan fingerprint density at radius 3 is 2.65 bits per heavy atom. The molecule has 1 N–H and O–H groups in total. The molecule has 1 aromatic heterocycles. The van der Waals surface area contributed by atoms with Gasteiger partial charge in [0.15, 0.2) is 0 Å². The lowest BCUT2D eigenvalue weighted by molar-refractivity contribution is -0.0205. The van der Waals surface area contributed by atoms with E-state index < -0.39 is 0 Å². The topological polar surface area (TPSA) is 51.5 Å². The summed E-state index contributed by atoms with van der Waals surface area (Å²) in [5.41, 5.74) is 3.23. The van der Waals surface area contributed by atoms with E-state index in [9.17, 15) is 0 Å². The monoisotopic (exact) mass is 418 g/mol. The van der Waals surface area contributed by atoms with Gasteiger partial charge in [0.2, 0.25) is 0 Å². The molecule has 5 rings (SSSR count). The summed E-state index contributed by atoms with van der Waals surface area (Å²) < 4.78 is 13.7. The summed E-state index contributed by atoms with van der Waals surface area (Å²) in [6, 6.07) is 18.7. The van der Waals surface area contributed by atoms with Gasteiger partial charge < -0.3 is 19.7 Å². The fourth-order valence-electron chi connectivity index (χ4n) is 4.70. The lowest BCUT2D eigenvalue weighted by Gasteiger charge is -2.46. The van der Waals surface area contributed by atoms with Crippen molar-refractivity contribution in [2.45, 2.75) is 37.5 Å². The van der Waals surface area contributed by atoms with E-state index in [1.165, 1.54) is 5.56 Å². The molecule has 3 aromatic rings. The number of likely N-dealkylation sites (tertiary alicyclic amines) is 1. The Bertz CT molecular complexity index is 1020. The van der Waals surface area contributed by atoms with E-state index in [-0.39, 0.29) is 11.6 Å². The molecule has 1 saturated heterocycles. The summed E-state index contributed by atoms with van der Waals surface area (Å²) >= 11 is 0. The van der Waals surface area contributed by atoms with E-state index in [1.807, 2.05) is 35.1 Å². The predicted molar refractivity (Wildman–Crippen MR) is 121 cm³/mol. The van der Waals surface area contributed by atoms with Gasteiger partial charge in [0, 0.05) is 43.9 Å². The Morgan fingerprint density at radius 2 is 1.87 bits per heavy atom. The zero-order valence-electron chi connectivity index (χ0n) is 18.3. The molecule has 2 aliphatic rings. The minimum absolute atomic E-state index is 0.0685. The Kier molecular flexibility index (Phi) is 5.42. The molecule has 6 heteroatoms. The van der Waals surface area contributed by atoms with Crippen molar-refractivity contribution in [2.75, 3.05) is 27.2 Å². The van der Waals surface area contributed by atoms with Gasteiger partial charge in [-0.05, 0) is 56.3 Å². The summed E-state index contributed by atoms with van der Waals surface area (Å²) in [4.78, 5) is 2.39. The number of hydrogen-bond donors (Lipinski definition) is 1. The number of ether oxygens (including phenoxy) is 2. The third-order valence-corrected chi connectivity index (χ3v) is 6.61. The van der Waals surface area contributed by atoms with Gasteiger partial charge in [-0.3, -0.25) is 0 Å². The fourth-order valence-corrected chi connectivity index (χ4v) is 4.70. The summed E-state index contributed by atoms with van der Waals surface area (Å²) in [5.74, 6) is 1.87. The third-order valence-electron chi connectivity index (χ3n) is 6.61. The van der Waals surface area contributed by atoms with Gasteiger partial charge in [0.1, 0.15) is 17.1 Å². The molecule has 2 aromatic carbocycles. The molecule has 0 bridgehead atoms. The number of methoxy groups -OCH3 is 1. The molecule has 0 radical (unpaired) electrons. The van der Waals surface area contributed by atoms with Crippen LogP contribution in [0, 0.1) is 0 Å². The van der Waals surface area contributed by atoms with Crippen LogP contribution in [0.4, 0.5) is 0 Å². The molecule has 3 heterocycles. The van der Waals surface area contributed by atoms with E-state index in [0.717, 1.165) is 61.8 Å². The normalized spacial score (nSPS) is 20.3.